The van der Waals surface area contributed by atoms with Crippen LogP contribution in [0.25, 0.3) is 0 Å². The molecule has 1 aromatic rings. The van der Waals surface area contributed by atoms with Crippen molar-refractivity contribution in [2.75, 3.05) is 32.7 Å². The van der Waals surface area contributed by atoms with E-state index in [1.165, 1.54) is 6.07 Å². The van der Waals surface area contributed by atoms with Gasteiger partial charge in [-0.15, -0.1) is 0 Å². The number of nitrogens with zero attached hydrogens (tertiary/aromatic N) is 4. The summed E-state index contributed by atoms with van der Waals surface area (Å²) in [7, 11) is 0. The van der Waals surface area contributed by atoms with Crippen molar-refractivity contribution in [3.63, 3.8) is 0 Å². The number of piperidine rings is 2. The van der Waals surface area contributed by atoms with Crippen molar-refractivity contribution in [3.8, 4) is 0 Å². The van der Waals surface area contributed by atoms with Crippen molar-refractivity contribution in [1.29, 1.82) is 0 Å². The summed E-state index contributed by atoms with van der Waals surface area (Å²) in [6.07, 6.45) is 0.353. The molecular weight excluding hydrogens is 483 g/mol. The number of fused-ring (bicyclic) bond motifs is 1. The zero-order valence-corrected chi connectivity index (χ0v) is 21.3. The molecule has 0 unspecified atom stereocenters. The second-order valence-electron chi connectivity index (χ2n) is 10.1. The van der Waals surface area contributed by atoms with Gasteiger partial charge in [0.2, 0.25) is 0 Å². The van der Waals surface area contributed by atoms with Crippen molar-refractivity contribution in [2.24, 2.45) is 10.7 Å². The van der Waals surface area contributed by atoms with E-state index in [4.69, 9.17) is 5.73 Å². The summed E-state index contributed by atoms with van der Waals surface area (Å²) in [6.45, 7) is 9.74. The summed E-state index contributed by atoms with van der Waals surface area (Å²) in [5, 5.41) is 9.77. The molecule has 1 aromatic carbocycles. The fraction of sp³-hybridized carbons (Fsp3) is 0.556. The van der Waals surface area contributed by atoms with E-state index in [2.05, 4.69) is 16.5 Å². The van der Waals surface area contributed by atoms with Gasteiger partial charge in [0, 0.05) is 56.6 Å². The summed E-state index contributed by atoms with van der Waals surface area (Å²) < 4.78 is 39.7. The molecule has 7 nitrogen and oxygen atoms in total. The number of amides is 1. The minimum absolute atomic E-state index is 0.210. The normalized spacial score (nSPS) is 21.2. The van der Waals surface area contributed by atoms with Gasteiger partial charge in [-0.25, -0.2) is 4.99 Å². The van der Waals surface area contributed by atoms with Crippen molar-refractivity contribution in [2.45, 2.75) is 63.9 Å². The Hall–Kier alpha value is -2.85. The lowest BCUT2D eigenvalue weighted by molar-refractivity contribution is -0.137. The Morgan fingerprint density at radius 3 is 2.38 bits per heavy atom. The average Bonchev–Trinajstić information content (AvgIpc) is 2.90. The van der Waals surface area contributed by atoms with Gasteiger partial charge in [-0.2, -0.15) is 13.2 Å². The molecule has 0 bridgehead atoms. The zero-order chi connectivity index (χ0) is 26.7. The molecule has 2 fully saturated rings. The van der Waals surface area contributed by atoms with Crippen LogP contribution in [0.4, 0.5) is 13.2 Å². The molecule has 37 heavy (non-hydrogen) atoms. The lowest BCUT2D eigenvalue weighted by atomic mass is 9.96. The molecule has 0 aromatic heterocycles. The second-order valence-corrected chi connectivity index (χ2v) is 10.1. The summed E-state index contributed by atoms with van der Waals surface area (Å²) in [6, 6.07) is 4.27. The SMILES string of the molecule is C=C(/C(C)=C(\N=CN)C(=O)N1CCC(N2CCC(O)CC2)CC1)N1CCc2ccc(C(F)(F)F)cc2C1. The van der Waals surface area contributed by atoms with Crippen molar-refractivity contribution in [3.05, 3.63) is 58.4 Å². The van der Waals surface area contributed by atoms with Gasteiger partial charge in [0.25, 0.3) is 5.91 Å². The molecule has 4 rings (SSSR count). The largest absolute Gasteiger partial charge is 0.416 e. The smallest absolute Gasteiger partial charge is 0.393 e. The van der Waals surface area contributed by atoms with Crippen LogP contribution in [-0.2, 0) is 23.9 Å². The Morgan fingerprint density at radius 2 is 1.76 bits per heavy atom. The van der Waals surface area contributed by atoms with E-state index >= 15 is 0 Å². The number of halogens is 3. The van der Waals surface area contributed by atoms with E-state index in [1.54, 1.807) is 17.9 Å². The molecule has 3 heterocycles. The highest BCUT2D eigenvalue weighted by Gasteiger charge is 2.33. The summed E-state index contributed by atoms with van der Waals surface area (Å²) >= 11 is 0. The molecule has 202 valence electrons. The molecule has 1 amide bonds. The van der Waals surface area contributed by atoms with E-state index < -0.39 is 11.7 Å². The Morgan fingerprint density at radius 1 is 1.08 bits per heavy atom. The molecule has 0 atom stereocenters. The lowest BCUT2D eigenvalue weighted by Gasteiger charge is -2.41. The summed E-state index contributed by atoms with van der Waals surface area (Å²) in [5.41, 5.74) is 7.75. The van der Waals surface area contributed by atoms with Crippen LogP contribution in [0.3, 0.4) is 0 Å². The molecular formula is C27H36F3N5O2. The third kappa shape index (κ3) is 6.18. The Balaban J connectivity index is 1.44. The molecule has 0 spiro atoms. The van der Waals surface area contributed by atoms with Crippen molar-refractivity contribution < 1.29 is 23.1 Å². The van der Waals surface area contributed by atoms with Crippen LogP contribution in [0.2, 0.25) is 0 Å². The van der Waals surface area contributed by atoms with Crippen LogP contribution >= 0.6 is 0 Å². The Kier molecular flexibility index (Phi) is 8.28. The number of aliphatic hydroxyl groups excluding tert-OH is 1. The number of allylic oxidation sites excluding steroid dienone is 1. The molecule has 0 radical (unpaired) electrons. The minimum atomic E-state index is -4.40. The number of aliphatic hydroxyl groups is 1. The number of rotatable bonds is 5. The van der Waals surface area contributed by atoms with Crippen LogP contribution in [0, 0.1) is 0 Å². The fourth-order valence-corrected chi connectivity index (χ4v) is 5.56. The predicted octanol–water partition coefficient (Wildman–Crippen LogP) is 3.29. The summed E-state index contributed by atoms with van der Waals surface area (Å²) in [4.78, 5) is 23.7. The number of aliphatic imine (C=N–C) groups is 1. The van der Waals surface area contributed by atoms with E-state index in [-0.39, 0.29) is 24.3 Å². The molecule has 3 aliphatic heterocycles. The van der Waals surface area contributed by atoms with Gasteiger partial charge in [0.05, 0.1) is 18.0 Å². The number of nitrogens with two attached hydrogens (primary N) is 1. The molecule has 10 heteroatoms. The van der Waals surface area contributed by atoms with E-state index in [1.807, 2.05) is 4.90 Å². The van der Waals surface area contributed by atoms with Crippen LogP contribution in [0.5, 0.6) is 0 Å². The van der Waals surface area contributed by atoms with E-state index in [9.17, 15) is 23.1 Å². The third-order valence-electron chi connectivity index (χ3n) is 7.89. The molecule has 3 aliphatic rings. The number of benzene rings is 1. The van der Waals surface area contributed by atoms with Crippen LogP contribution in [0.15, 0.2) is 46.7 Å². The van der Waals surface area contributed by atoms with Crippen LogP contribution in [0.1, 0.15) is 49.3 Å². The van der Waals surface area contributed by atoms with Gasteiger partial charge < -0.3 is 25.5 Å². The van der Waals surface area contributed by atoms with Gasteiger partial charge in [-0.1, -0.05) is 12.6 Å². The first-order valence-electron chi connectivity index (χ1n) is 12.9. The first kappa shape index (κ1) is 27.2. The standard InChI is InChI=1S/C27H36F3N5O2/c1-18(19(2)35-10-5-20-3-4-22(27(28,29)30)15-21(20)16-35)25(32-17-31)26(37)34-11-6-23(7-12-34)33-13-8-24(36)9-14-33/h3-4,15,17,23-24,36H,2,5-14,16H2,1H3,(H2,31,32)/b25-18-. The fourth-order valence-electron chi connectivity index (χ4n) is 5.56. The average molecular weight is 520 g/mol. The highest BCUT2D eigenvalue weighted by atomic mass is 19.4. The van der Waals surface area contributed by atoms with Crippen molar-refractivity contribution in [1.82, 2.24) is 14.7 Å². The van der Waals surface area contributed by atoms with Gasteiger partial charge in [-0.3, -0.25) is 4.79 Å². The maximum atomic E-state index is 13.5. The maximum Gasteiger partial charge on any atom is 0.416 e. The van der Waals surface area contributed by atoms with Gasteiger partial charge in [0.1, 0.15) is 5.70 Å². The maximum absolute atomic E-state index is 13.5. The monoisotopic (exact) mass is 519 g/mol. The molecule has 0 saturated carbocycles. The first-order valence-corrected chi connectivity index (χ1v) is 12.9. The highest BCUT2D eigenvalue weighted by molar-refractivity contribution is 5.95. The number of hydrogen-bond donors (Lipinski definition) is 2. The first-order chi connectivity index (χ1) is 17.6. The Labute approximate surface area is 216 Å². The number of likely N-dealkylation sites (tertiary alicyclic amines) is 2. The van der Waals surface area contributed by atoms with Crippen molar-refractivity contribution >= 4 is 12.2 Å². The van der Waals surface area contributed by atoms with E-state index in [0.717, 1.165) is 56.7 Å². The van der Waals surface area contributed by atoms with Gasteiger partial charge in [0.15, 0.2) is 0 Å². The van der Waals surface area contributed by atoms with Gasteiger partial charge in [-0.05, 0) is 62.3 Å². The van der Waals surface area contributed by atoms with Gasteiger partial charge >= 0.3 is 6.18 Å². The van der Waals surface area contributed by atoms with Crippen LogP contribution < -0.4 is 5.73 Å². The third-order valence-corrected chi connectivity index (χ3v) is 7.89. The van der Waals surface area contributed by atoms with E-state index in [0.29, 0.717) is 48.9 Å². The molecule has 0 aliphatic carbocycles. The number of alkyl halides is 3. The molecule has 2 saturated heterocycles. The molecule has 3 N–H and O–H groups in total. The number of carbonyl (C=O) groups is 1. The topological polar surface area (TPSA) is 85.4 Å². The predicted molar refractivity (Wildman–Crippen MR) is 136 cm³/mol. The van der Waals surface area contributed by atoms with Crippen LogP contribution in [-0.4, -0.2) is 76.9 Å². The second kappa shape index (κ2) is 11.3. The highest BCUT2D eigenvalue weighted by Crippen LogP contribution is 2.33. The number of carbonyl (C=O) groups excluding carboxylic acids is 1. The zero-order valence-electron chi connectivity index (χ0n) is 21.3. The lowest BCUT2D eigenvalue weighted by Crippen LogP contribution is -2.49. The number of hydrogen-bond acceptors (Lipinski definition) is 5. The quantitative estimate of drug-likeness (QED) is 0.270. The minimum Gasteiger partial charge on any atom is -0.393 e. The summed E-state index contributed by atoms with van der Waals surface area (Å²) in [5.74, 6) is -0.218. The Bertz CT molecular complexity index is 1070.